The van der Waals surface area contributed by atoms with Gasteiger partial charge in [0, 0.05) is 12.2 Å². The summed E-state index contributed by atoms with van der Waals surface area (Å²) < 4.78 is 10.2. The molecule has 2 unspecified atom stereocenters. The first-order valence-corrected chi connectivity index (χ1v) is 13.9. The summed E-state index contributed by atoms with van der Waals surface area (Å²) in [5, 5.41) is 11.9. The van der Waals surface area contributed by atoms with Gasteiger partial charge in [0.25, 0.3) is 0 Å². The molecule has 1 aliphatic heterocycles. The number of nitriles is 1. The number of benzene rings is 2. The molecule has 10 nitrogen and oxygen atoms in total. The highest BCUT2D eigenvalue weighted by Gasteiger charge is 2.43. The van der Waals surface area contributed by atoms with E-state index in [0.29, 0.717) is 36.2 Å². The van der Waals surface area contributed by atoms with E-state index < -0.39 is 35.2 Å². The van der Waals surface area contributed by atoms with Crippen molar-refractivity contribution >= 4 is 29.6 Å². The normalized spacial score (nSPS) is 15.8. The lowest BCUT2D eigenvalue weighted by Gasteiger charge is -2.37. The molecule has 1 heterocycles. The number of nitrogens with zero attached hydrogens (tertiary/aromatic N) is 3. The second-order valence-corrected chi connectivity index (χ2v) is 12.4. The molecule has 2 aromatic rings. The zero-order chi connectivity index (χ0) is 31.2. The lowest BCUT2D eigenvalue weighted by atomic mass is 9.85. The maximum absolute atomic E-state index is 14.2. The summed E-state index contributed by atoms with van der Waals surface area (Å²) in [7, 11) is 1.30. The van der Waals surface area contributed by atoms with Crippen molar-refractivity contribution in [2.75, 3.05) is 18.6 Å². The topological polar surface area (TPSA) is 129 Å². The molecule has 0 aliphatic carbocycles. The summed E-state index contributed by atoms with van der Waals surface area (Å²) in [6.45, 7) is 11.3. The van der Waals surface area contributed by atoms with Crippen LogP contribution in [0.1, 0.15) is 75.9 Å². The minimum Gasteiger partial charge on any atom is -0.465 e. The van der Waals surface area contributed by atoms with E-state index in [1.165, 1.54) is 7.11 Å². The van der Waals surface area contributed by atoms with Gasteiger partial charge in [-0.15, -0.1) is 0 Å². The average molecular weight is 577 g/mol. The van der Waals surface area contributed by atoms with E-state index in [2.05, 4.69) is 11.4 Å². The van der Waals surface area contributed by atoms with Crippen molar-refractivity contribution < 1.29 is 28.7 Å². The van der Waals surface area contributed by atoms with Crippen LogP contribution >= 0.6 is 0 Å². The summed E-state index contributed by atoms with van der Waals surface area (Å²) in [4.78, 5) is 55.9. The van der Waals surface area contributed by atoms with Crippen molar-refractivity contribution in [3.8, 4) is 6.07 Å². The van der Waals surface area contributed by atoms with E-state index >= 15 is 0 Å². The molecule has 3 amide bonds. The molecule has 0 bridgehead atoms. The number of carbonyl (C=O) groups excluding carboxylic acids is 4. The highest BCUT2D eigenvalue weighted by molar-refractivity contribution is 6.01. The Bertz CT molecular complexity index is 1330. The van der Waals surface area contributed by atoms with Crippen LogP contribution in [-0.4, -0.2) is 60.1 Å². The number of hydrogen-bond acceptors (Lipinski definition) is 7. The van der Waals surface area contributed by atoms with E-state index in [9.17, 15) is 24.4 Å². The first kappa shape index (κ1) is 32.1. The number of methoxy groups -OCH3 is 1. The third kappa shape index (κ3) is 8.09. The number of ether oxygens (including phenoxy) is 2. The minimum atomic E-state index is -0.924. The fourth-order valence-electron chi connectivity index (χ4n) is 4.77. The van der Waals surface area contributed by atoms with Crippen molar-refractivity contribution in [3.05, 3.63) is 65.2 Å². The molecule has 42 heavy (non-hydrogen) atoms. The second-order valence-electron chi connectivity index (χ2n) is 12.4. The van der Waals surface area contributed by atoms with Gasteiger partial charge in [0.15, 0.2) is 0 Å². The molecule has 1 aliphatic rings. The molecule has 2 aromatic carbocycles. The van der Waals surface area contributed by atoms with Crippen LogP contribution in [0.25, 0.3) is 0 Å². The second kappa shape index (κ2) is 13.1. The van der Waals surface area contributed by atoms with Crippen LogP contribution in [0.15, 0.2) is 48.5 Å². The molecule has 0 radical (unpaired) electrons. The van der Waals surface area contributed by atoms with Gasteiger partial charge in [-0.05, 0) is 81.0 Å². The summed E-state index contributed by atoms with van der Waals surface area (Å²) in [5.74, 6) is -1.14. The molecule has 0 saturated carbocycles. The lowest BCUT2D eigenvalue weighted by Crippen LogP contribution is -2.58. The zero-order valence-electron chi connectivity index (χ0n) is 25.4. The molecule has 1 N–H and O–H groups in total. The van der Waals surface area contributed by atoms with Crippen molar-refractivity contribution in [2.24, 2.45) is 5.41 Å². The van der Waals surface area contributed by atoms with Gasteiger partial charge >= 0.3 is 12.1 Å². The molecular weight excluding hydrogens is 536 g/mol. The van der Waals surface area contributed by atoms with E-state index in [-0.39, 0.29) is 18.4 Å². The van der Waals surface area contributed by atoms with Crippen LogP contribution in [0.3, 0.4) is 0 Å². The molecular formula is C32H40N4O6. The smallest absolute Gasteiger partial charge is 0.408 e. The first-order chi connectivity index (χ1) is 19.6. The minimum absolute atomic E-state index is 0.180. The van der Waals surface area contributed by atoms with Crippen molar-refractivity contribution in [2.45, 2.75) is 78.6 Å². The van der Waals surface area contributed by atoms with Crippen LogP contribution in [-0.2, 0) is 25.6 Å². The molecule has 0 aromatic heterocycles. The van der Waals surface area contributed by atoms with Gasteiger partial charge in [-0.3, -0.25) is 9.59 Å². The van der Waals surface area contributed by atoms with Gasteiger partial charge in [-0.2, -0.15) is 5.26 Å². The molecule has 1 fully saturated rings. The van der Waals surface area contributed by atoms with Gasteiger partial charge in [-0.25, -0.2) is 9.59 Å². The predicted molar refractivity (Wildman–Crippen MR) is 157 cm³/mol. The van der Waals surface area contributed by atoms with Crippen molar-refractivity contribution in [1.82, 2.24) is 10.2 Å². The molecule has 1 saturated heterocycles. The van der Waals surface area contributed by atoms with E-state index in [0.717, 1.165) is 5.56 Å². The molecule has 2 atom stereocenters. The maximum atomic E-state index is 14.2. The van der Waals surface area contributed by atoms with Crippen molar-refractivity contribution in [3.63, 3.8) is 0 Å². The SMILES string of the molecule is COC(=O)c1ccc(N(Cc2ccc(C#N)cc2)C(=O)C2CCCN2C(=O)C(NC(=O)OC(C)(C)C)C(C)(C)C)cc1. The number of likely N-dealkylation sites (tertiary alicyclic amines) is 1. The Kier molecular flexibility index (Phi) is 9.99. The van der Waals surface area contributed by atoms with Gasteiger partial charge in [0.1, 0.15) is 17.7 Å². The predicted octanol–water partition coefficient (Wildman–Crippen LogP) is 4.81. The van der Waals surface area contributed by atoms with E-state index in [1.54, 1.807) is 79.1 Å². The average Bonchev–Trinajstić information content (AvgIpc) is 3.42. The number of alkyl carbamates (subject to hydrolysis) is 1. The van der Waals surface area contributed by atoms with Crippen LogP contribution in [0.2, 0.25) is 0 Å². The fraction of sp³-hybridized carbons (Fsp3) is 0.469. The van der Waals surface area contributed by atoms with Gasteiger partial charge in [0.2, 0.25) is 11.8 Å². The highest BCUT2D eigenvalue weighted by Crippen LogP contribution is 2.29. The van der Waals surface area contributed by atoms with E-state index in [4.69, 9.17) is 9.47 Å². The number of anilines is 1. The lowest BCUT2D eigenvalue weighted by molar-refractivity contribution is -0.141. The number of esters is 1. The molecule has 224 valence electrons. The highest BCUT2D eigenvalue weighted by atomic mass is 16.6. The standard InChI is InChI=1S/C32H40N4O6/c1-31(2,3)26(34-30(40)42-32(4,5)6)28(38)35-18-8-9-25(35)27(37)36(20-22-12-10-21(19-33)11-13-22)24-16-14-23(15-17-24)29(39)41-7/h10-17,25-26H,8-9,18,20H2,1-7H3,(H,34,40). The van der Waals surface area contributed by atoms with E-state index in [1.807, 2.05) is 20.8 Å². The number of hydrogen-bond donors (Lipinski definition) is 1. The number of amides is 3. The third-order valence-corrected chi connectivity index (χ3v) is 6.88. The Labute approximate surface area is 247 Å². The van der Waals surface area contributed by atoms with Crippen LogP contribution < -0.4 is 10.2 Å². The van der Waals surface area contributed by atoms with Crippen LogP contribution in [0.4, 0.5) is 10.5 Å². The molecule has 3 rings (SSSR count). The monoisotopic (exact) mass is 576 g/mol. The molecule has 10 heteroatoms. The number of nitrogens with one attached hydrogen (secondary N) is 1. The molecule has 0 spiro atoms. The van der Waals surface area contributed by atoms with Gasteiger partial charge in [-0.1, -0.05) is 32.9 Å². The first-order valence-electron chi connectivity index (χ1n) is 13.9. The fourth-order valence-corrected chi connectivity index (χ4v) is 4.77. The summed E-state index contributed by atoms with van der Waals surface area (Å²) in [5.41, 5.74) is 0.765. The summed E-state index contributed by atoms with van der Waals surface area (Å²) in [6.07, 6.45) is 0.376. The van der Waals surface area contributed by atoms with Gasteiger partial charge < -0.3 is 24.6 Å². The van der Waals surface area contributed by atoms with Crippen molar-refractivity contribution in [1.29, 1.82) is 5.26 Å². The number of rotatable bonds is 7. The van der Waals surface area contributed by atoms with Crippen LogP contribution in [0, 0.1) is 16.7 Å². The Hall–Kier alpha value is -4.39. The Morgan fingerprint density at radius 3 is 2.17 bits per heavy atom. The Morgan fingerprint density at radius 1 is 1.02 bits per heavy atom. The number of carbonyl (C=O) groups is 4. The Balaban J connectivity index is 1.94. The quantitative estimate of drug-likeness (QED) is 0.469. The Morgan fingerprint density at radius 2 is 1.64 bits per heavy atom. The zero-order valence-corrected chi connectivity index (χ0v) is 25.4. The summed E-state index contributed by atoms with van der Waals surface area (Å²) in [6, 6.07) is 13.8. The largest absolute Gasteiger partial charge is 0.465 e. The maximum Gasteiger partial charge on any atom is 0.408 e. The third-order valence-electron chi connectivity index (χ3n) is 6.88. The summed E-state index contributed by atoms with van der Waals surface area (Å²) >= 11 is 0. The van der Waals surface area contributed by atoms with Crippen LogP contribution in [0.5, 0.6) is 0 Å². The van der Waals surface area contributed by atoms with Gasteiger partial charge in [0.05, 0.1) is 30.9 Å².